The Morgan fingerprint density at radius 1 is 1.10 bits per heavy atom. The number of thiazole rings is 1. The molecule has 31 heavy (non-hydrogen) atoms. The summed E-state index contributed by atoms with van der Waals surface area (Å²) in [7, 11) is 0. The molecule has 3 aromatic rings. The summed E-state index contributed by atoms with van der Waals surface area (Å²) in [4.78, 5) is 16.4. The summed E-state index contributed by atoms with van der Waals surface area (Å²) in [6.45, 7) is 3.67. The number of hydrogen-bond donors (Lipinski definition) is 5. The van der Waals surface area contributed by atoms with E-state index in [9.17, 15) is 20.1 Å². The number of H-pyrrole nitrogens is 1. The van der Waals surface area contributed by atoms with Crippen molar-refractivity contribution in [1.82, 2.24) is 15.2 Å². The van der Waals surface area contributed by atoms with E-state index in [1.807, 2.05) is 0 Å². The number of phenols is 1. The van der Waals surface area contributed by atoms with Gasteiger partial charge in [0, 0.05) is 19.5 Å². The molecule has 0 aliphatic carbocycles. The Hall–Kier alpha value is -2.23. The molecule has 0 saturated carbocycles. The average molecular weight is 444 g/mol. The normalized spacial score (nSPS) is 15.5. The van der Waals surface area contributed by atoms with Crippen molar-refractivity contribution in [1.29, 1.82) is 0 Å². The fraction of sp³-hybridized carbons (Fsp3) is 0.435. The predicted molar refractivity (Wildman–Crippen MR) is 122 cm³/mol. The van der Waals surface area contributed by atoms with Gasteiger partial charge in [0.25, 0.3) is 0 Å². The minimum atomic E-state index is -2.12. The lowest BCUT2D eigenvalue weighted by molar-refractivity contribution is -0.183. The molecule has 4 rings (SSSR count). The van der Waals surface area contributed by atoms with Crippen molar-refractivity contribution in [2.75, 3.05) is 19.6 Å². The molecular formula is C23H29N3O4S. The number of rotatable bonds is 8. The number of aromatic hydroxyl groups is 1. The maximum Gasteiger partial charge on any atom is 0.305 e. The van der Waals surface area contributed by atoms with Crippen LogP contribution in [0.3, 0.4) is 0 Å². The van der Waals surface area contributed by atoms with Crippen molar-refractivity contribution in [3.05, 3.63) is 62.8 Å². The zero-order valence-corrected chi connectivity index (χ0v) is 18.2. The lowest BCUT2D eigenvalue weighted by Gasteiger charge is -2.26. The summed E-state index contributed by atoms with van der Waals surface area (Å²) < 4.78 is 0.532. The molecule has 0 amide bonds. The quantitative estimate of drug-likeness (QED) is 0.342. The summed E-state index contributed by atoms with van der Waals surface area (Å²) in [5.41, 5.74) is 3.34. The molecule has 2 aromatic carbocycles. The van der Waals surface area contributed by atoms with Crippen LogP contribution < -0.4 is 10.2 Å². The molecule has 2 heterocycles. The standard InChI is InChI=1S/C23H29N3O4S/c27-19-8-7-18(21-20(19)25-22(28)31-21)14-23(29,30)24-10-9-16-5-4-6-17(13-16)15-26-11-2-1-3-12-26/h4-8,13,24,27,29-30H,1-3,9-12,14-15H2,(H,25,28). The average Bonchev–Trinajstić information content (AvgIpc) is 3.14. The second-order valence-electron chi connectivity index (χ2n) is 8.29. The van der Waals surface area contributed by atoms with Crippen LogP contribution in [0.15, 0.2) is 41.2 Å². The number of hydrogen-bond acceptors (Lipinski definition) is 7. The van der Waals surface area contributed by atoms with E-state index in [2.05, 4.69) is 39.5 Å². The van der Waals surface area contributed by atoms with Crippen LogP contribution in [0.2, 0.25) is 0 Å². The van der Waals surface area contributed by atoms with Crippen molar-refractivity contribution < 1.29 is 15.3 Å². The van der Waals surface area contributed by atoms with Crippen molar-refractivity contribution in [3.8, 4) is 5.75 Å². The number of piperidine rings is 1. The maximum atomic E-state index is 11.6. The fourth-order valence-corrected chi connectivity index (χ4v) is 5.07. The van der Waals surface area contributed by atoms with Crippen molar-refractivity contribution in [2.45, 2.75) is 44.6 Å². The van der Waals surface area contributed by atoms with Gasteiger partial charge in [-0.1, -0.05) is 48.1 Å². The summed E-state index contributed by atoms with van der Waals surface area (Å²) in [5, 5.41) is 33.6. The highest BCUT2D eigenvalue weighted by Gasteiger charge is 2.25. The predicted octanol–water partition coefficient (Wildman–Crippen LogP) is 2.29. The van der Waals surface area contributed by atoms with E-state index in [1.165, 1.54) is 30.9 Å². The van der Waals surface area contributed by atoms with Crippen LogP contribution in [-0.4, -0.2) is 50.7 Å². The van der Waals surface area contributed by atoms with Crippen molar-refractivity contribution in [2.24, 2.45) is 0 Å². The molecule has 7 nitrogen and oxygen atoms in total. The van der Waals surface area contributed by atoms with Gasteiger partial charge in [0.2, 0.25) is 5.91 Å². The van der Waals surface area contributed by atoms with E-state index >= 15 is 0 Å². The Morgan fingerprint density at radius 3 is 2.68 bits per heavy atom. The Morgan fingerprint density at radius 2 is 1.87 bits per heavy atom. The van der Waals surface area contributed by atoms with Gasteiger partial charge in [-0.05, 0) is 55.1 Å². The van der Waals surface area contributed by atoms with Crippen LogP contribution in [0.4, 0.5) is 0 Å². The van der Waals surface area contributed by atoms with E-state index in [0.29, 0.717) is 28.7 Å². The molecule has 1 saturated heterocycles. The van der Waals surface area contributed by atoms with Gasteiger partial charge < -0.3 is 20.3 Å². The van der Waals surface area contributed by atoms with Crippen molar-refractivity contribution in [3.63, 3.8) is 0 Å². The minimum absolute atomic E-state index is 0.0315. The summed E-state index contributed by atoms with van der Waals surface area (Å²) in [6.07, 6.45) is 4.42. The number of aromatic amines is 1. The van der Waals surface area contributed by atoms with E-state index in [0.717, 1.165) is 36.5 Å². The third-order valence-corrected chi connectivity index (χ3v) is 6.70. The first-order chi connectivity index (χ1) is 14.9. The van der Waals surface area contributed by atoms with E-state index < -0.39 is 5.91 Å². The highest BCUT2D eigenvalue weighted by Crippen LogP contribution is 2.29. The van der Waals surface area contributed by atoms with Crippen LogP contribution >= 0.6 is 11.3 Å². The van der Waals surface area contributed by atoms with Gasteiger partial charge in [0.1, 0.15) is 11.3 Å². The van der Waals surface area contributed by atoms with Crippen LogP contribution in [0.1, 0.15) is 36.0 Å². The molecule has 8 heteroatoms. The third-order valence-electron chi connectivity index (χ3n) is 5.74. The second-order valence-corrected chi connectivity index (χ2v) is 9.27. The maximum absolute atomic E-state index is 11.6. The number of aliphatic hydroxyl groups is 2. The molecule has 1 aliphatic heterocycles. The zero-order chi connectivity index (χ0) is 21.8. The first-order valence-electron chi connectivity index (χ1n) is 10.7. The van der Waals surface area contributed by atoms with Crippen LogP contribution in [0.25, 0.3) is 10.2 Å². The largest absolute Gasteiger partial charge is 0.506 e. The van der Waals surface area contributed by atoms with E-state index in [4.69, 9.17) is 0 Å². The topological polar surface area (TPSA) is 109 Å². The fourth-order valence-electron chi connectivity index (χ4n) is 4.21. The molecule has 0 spiro atoms. The smallest absolute Gasteiger partial charge is 0.305 e. The van der Waals surface area contributed by atoms with Gasteiger partial charge in [-0.2, -0.15) is 0 Å². The van der Waals surface area contributed by atoms with Crippen LogP contribution in [-0.2, 0) is 19.4 Å². The minimum Gasteiger partial charge on any atom is -0.506 e. The number of phenolic OH excluding ortho intramolecular Hbond substituents is 1. The number of aromatic nitrogens is 1. The molecule has 0 radical (unpaired) electrons. The van der Waals surface area contributed by atoms with Gasteiger partial charge in [0.15, 0.2) is 0 Å². The lowest BCUT2D eigenvalue weighted by Crippen LogP contribution is -2.47. The molecule has 0 unspecified atom stereocenters. The summed E-state index contributed by atoms with van der Waals surface area (Å²) in [6, 6.07) is 11.5. The van der Waals surface area contributed by atoms with Gasteiger partial charge in [0.05, 0.1) is 4.70 Å². The molecule has 1 fully saturated rings. The third kappa shape index (κ3) is 5.72. The molecular weight excluding hydrogens is 414 g/mol. The van der Waals surface area contributed by atoms with Gasteiger partial charge in [-0.15, -0.1) is 0 Å². The molecule has 166 valence electrons. The zero-order valence-electron chi connectivity index (χ0n) is 17.4. The van der Waals surface area contributed by atoms with Crippen LogP contribution in [0.5, 0.6) is 5.75 Å². The molecule has 0 bridgehead atoms. The Kier molecular flexibility index (Phi) is 6.74. The monoisotopic (exact) mass is 443 g/mol. The second kappa shape index (κ2) is 9.50. The number of benzene rings is 2. The SMILES string of the molecule is O=c1[nH]c2c(O)ccc(CC(O)(O)NCCc3cccc(CN4CCCCC4)c3)c2s1. The molecule has 1 aliphatic rings. The highest BCUT2D eigenvalue weighted by molar-refractivity contribution is 7.16. The van der Waals surface area contributed by atoms with Gasteiger partial charge in [-0.25, -0.2) is 0 Å². The number of nitrogens with zero attached hydrogens (tertiary/aromatic N) is 1. The number of fused-ring (bicyclic) bond motifs is 1. The van der Waals surface area contributed by atoms with E-state index in [-0.39, 0.29) is 17.0 Å². The van der Waals surface area contributed by atoms with Gasteiger partial charge in [-0.3, -0.25) is 15.0 Å². The molecule has 1 aromatic heterocycles. The first kappa shape index (κ1) is 22.0. The first-order valence-corrected chi connectivity index (χ1v) is 11.5. The number of nitrogens with one attached hydrogen (secondary N) is 2. The molecule has 0 atom stereocenters. The summed E-state index contributed by atoms with van der Waals surface area (Å²) in [5.74, 6) is -2.15. The Bertz CT molecular complexity index is 1090. The summed E-state index contributed by atoms with van der Waals surface area (Å²) >= 11 is 0.945. The Labute approximate surface area is 185 Å². The van der Waals surface area contributed by atoms with E-state index in [1.54, 1.807) is 6.07 Å². The van der Waals surface area contributed by atoms with Gasteiger partial charge >= 0.3 is 4.87 Å². The van der Waals surface area contributed by atoms with Crippen LogP contribution in [0, 0.1) is 0 Å². The lowest BCUT2D eigenvalue weighted by atomic mass is 10.1. The number of likely N-dealkylation sites (tertiary alicyclic amines) is 1. The molecule has 5 N–H and O–H groups in total. The Balaban J connectivity index is 1.34. The highest BCUT2D eigenvalue weighted by atomic mass is 32.1. The van der Waals surface area contributed by atoms with Crippen molar-refractivity contribution >= 4 is 21.6 Å².